The molecule has 5 aromatic rings. The fraction of sp³-hybridized carbons (Fsp3) is 0.241. The van der Waals surface area contributed by atoms with Crippen LogP contribution in [0.4, 0.5) is 11.6 Å². The number of likely N-dealkylation sites (tertiary alicyclic amines) is 1. The van der Waals surface area contributed by atoms with Gasteiger partial charge in [-0.3, -0.25) is 14.6 Å². The number of hydrogen-bond donors (Lipinski definition) is 2. The predicted octanol–water partition coefficient (Wildman–Crippen LogP) is 4.65. The molecule has 0 saturated carbocycles. The van der Waals surface area contributed by atoms with Crippen molar-refractivity contribution in [2.24, 2.45) is 5.92 Å². The lowest BCUT2D eigenvalue weighted by Crippen LogP contribution is -2.47. The van der Waals surface area contributed by atoms with Gasteiger partial charge in [-0.2, -0.15) is 0 Å². The summed E-state index contributed by atoms with van der Waals surface area (Å²) in [6.45, 7) is 4.04. The molecule has 4 aromatic heterocycles. The smallest absolute Gasteiger partial charge is 0.248 e. The Morgan fingerprint density at radius 3 is 2.73 bits per heavy atom. The zero-order valence-corrected chi connectivity index (χ0v) is 23.5. The third-order valence-corrected chi connectivity index (χ3v) is 8.15. The molecule has 202 valence electrons. The summed E-state index contributed by atoms with van der Waals surface area (Å²) in [6, 6.07) is 14.4. The standard InChI is InChI=1S/C29H27BrN8O2/c1-16-11-22(29(40)36-24-7-3-6-23(30)35-24)38(17(16)2)25(39)14-37-21-9-8-18(19-5-4-10-32-13-19)12-20(21)26-27(31)33-15-34-28(26)37/h3-10,12-13,15-17,22H,11,14H2,1-2H3,(H2,31,33,34)(H,35,36,40)/t16-,17-,22+/m1/s1. The van der Waals surface area contributed by atoms with Crippen LogP contribution in [-0.2, 0) is 16.1 Å². The maximum Gasteiger partial charge on any atom is 0.248 e. The Kier molecular flexibility index (Phi) is 6.67. The van der Waals surface area contributed by atoms with Gasteiger partial charge in [-0.15, -0.1) is 0 Å². The number of nitrogens with one attached hydrogen (secondary N) is 1. The van der Waals surface area contributed by atoms with Crippen LogP contribution in [-0.4, -0.2) is 53.3 Å². The first kappa shape index (κ1) is 25.9. The van der Waals surface area contributed by atoms with E-state index in [1.165, 1.54) is 6.33 Å². The second-order valence-corrected chi connectivity index (χ2v) is 10.9. The van der Waals surface area contributed by atoms with E-state index in [1.807, 2.05) is 41.8 Å². The lowest BCUT2D eigenvalue weighted by atomic mass is 10.0. The minimum atomic E-state index is -0.622. The number of pyridine rings is 2. The highest BCUT2D eigenvalue weighted by molar-refractivity contribution is 9.10. The molecule has 0 unspecified atom stereocenters. The summed E-state index contributed by atoms with van der Waals surface area (Å²) in [6.07, 6.45) is 5.49. The summed E-state index contributed by atoms with van der Waals surface area (Å²) >= 11 is 3.33. The van der Waals surface area contributed by atoms with Crippen LogP contribution in [0.25, 0.3) is 33.1 Å². The van der Waals surface area contributed by atoms with Crippen molar-refractivity contribution in [3.63, 3.8) is 0 Å². The molecule has 5 heterocycles. The average Bonchev–Trinajstić information content (AvgIpc) is 3.43. The quantitative estimate of drug-likeness (QED) is 0.281. The molecule has 0 aliphatic carbocycles. The number of nitrogens with two attached hydrogens (primary N) is 1. The molecule has 1 fully saturated rings. The van der Waals surface area contributed by atoms with E-state index in [0.717, 1.165) is 22.0 Å². The number of anilines is 2. The number of rotatable bonds is 5. The summed E-state index contributed by atoms with van der Waals surface area (Å²) < 4.78 is 2.48. The molecule has 1 aliphatic heterocycles. The molecule has 3 atom stereocenters. The molecule has 1 aliphatic rings. The van der Waals surface area contributed by atoms with Gasteiger partial charge < -0.3 is 20.5 Å². The summed E-state index contributed by atoms with van der Waals surface area (Å²) in [5, 5.41) is 4.41. The second kappa shape index (κ2) is 10.3. The Labute approximate surface area is 238 Å². The molecule has 3 N–H and O–H groups in total. The lowest BCUT2D eigenvalue weighted by molar-refractivity contribution is -0.139. The third kappa shape index (κ3) is 4.56. The Bertz CT molecular complexity index is 1760. The van der Waals surface area contributed by atoms with Crippen molar-refractivity contribution in [3.8, 4) is 11.1 Å². The molecule has 0 bridgehead atoms. The van der Waals surface area contributed by atoms with Gasteiger partial charge in [0.1, 0.15) is 40.8 Å². The molecule has 11 heteroatoms. The highest BCUT2D eigenvalue weighted by Crippen LogP contribution is 2.35. The van der Waals surface area contributed by atoms with Crippen molar-refractivity contribution in [3.05, 3.63) is 71.9 Å². The zero-order chi connectivity index (χ0) is 28.0. The number of carbonyl (C=O) groups is 2. The maximum absolute atomic E-state index is 14.0. The molecule has 40 heavy (non-hydrogen) atoms. The van der Waals surface area contributed by atoms with Gasteiger partial charge in [-0.25, -0.2) is 15.0 Å². The monoisotopic (exact) mass is 598 g/mol. The highest BCUT2D eigenvalue weighted by Gasteiger charge is 2.43. The Balaban J connectivity index is 1.36. The van der Waals surface area contributed by atoms with E-state index in [2.05, 4.69) is 48.1 Å². The first-order valence-corrected chi connectivity index (χ1v) is 13.8. The topological polar surface area (TPSA) is 132 Å². The third-order valence-electron chi connectivity index (χ3n) is 7.71. The number of halogens is 1. The van der Waals surface area contributed by atoms with E-state index in [1.54, 1.807) is 35.5 Å². The maximum atomic E-state index is 14.0. The fourth-order valence-electron chi connectivity index (χ4n) is 5.57. The van der Waals surface area contributed by atoms with Crippen LogP contribution in [0.15, 0.2) is 71.9 Å². The van der Waals surface area contributed by atoms with E-state index < -0.39 is 6.04 Å². The van der Waals surface area contributed by atoms with Crippen LogP contribution in [0.2, 0.25) is 0 Å². The Morgan fingerprint density at radius 2 is 1.95 bits per heavy atom. The molecule has 1 aromatic carbocycles. The number of benzene rings is 1. The minimum absolute atomic E-state index is 0.00132. The second-order valence-electron chi connectivity index (χ2n) is 10.1. The lowest BCUT2D eigenvalue weighted by Gasteiger charge is -2.29. The van der Waals surface area contributed by atoms with Gasteiger partial charge in [0, 0.05) is 29.4 Å². The zero-order valence-electron chi connectivity index (χ0n) is 22.0. The van der Waals surface area contributed by atoms with Crippen molar-refractivity contribution >= 4 is 61.3 Å². The van der Waals surface area contributed by atoms with Crippen molar-refractivity contribution < 1.29 is 9.59 Å². The Morgan fingerprint density at radius 1 is 1.10 bits per heavy atom. The summed E-state index contributed by atoms with van der Waals surface area (Å²) in [5.41, 5.74) is 9.63. The van der Waals surface area contributed by atoms with Crippen LogP contribution in [0.5, 0.6) is 0 Å². The number of amides is 2. The average molecular weight is 599 g/mol. The molecule has 6 rings (SSSR count). The molecule has 0 radical (unpaired) electrons. The van der Waals surface area contributed by atoms with Crippen LogP contribution in [0.1, 0.15) is 20.3 Å². The SMILES string of the molecule is C[C@@H]1C[C@@H](C(=O)Nc2cccc(Br)n2)N(C(=O)Cn2c3ccc(-c4cccnc4)cc3c3c(N)ncnc32)[C@@H]1C. The summed E-state index contributed by atoms with van der Waals surface area (Å²) in [5.74, 6) is 0.481. The van der Waals surface area contributed by atoms with Crippen molar-refractivity contribution in [2.45, 2.75) is 38.9 Å². The van der Waals surface area contributed by atoms with Gasteiger partial charge in [0.05, 0.1) is 10.9 Å². The highest BCUT2D eigenvalue weighted by atomic mass is 79.9. The van der Waals surface area contributed by atoms with Crippen molar-refractivity contribution in [1.82, 2.24) is 29.4 Å². The van der Waals surface area contributed by atoms with Crippen LogP contribution in [0.3, 0.4) is 0 Å². The summed E-state index contributed by atoms with van der Waals surface area (Å²) in [4.78, 5) is 46.3. The van der Waals surface area contributed by atoms with Gasteiger partial charge in [0.25, 0.3) is 0 Å². The molecule has 10 nitrogen and oxygen atoms in total. The molecular formula is C29H27BrN8O2. The van der Waals surface area contributed by atoms with E-state index in [4.69, 9.17) is 5.73 Å². The first-order valence-electron chi connectivity index (χ1n) is 13.0. The predicted molar refractivity (Wildman–Crippen MR) is 157 cm³/mol. The van der Waals surface area contributed by atoms with E-state index in [9.17, 15) is 9.59 Å². The van der Waals surface area contributed by atoms with Crippen LogP contribution < -0.4 is 11.1 Å². The van der Waals surface area contributed by atoms with Crippen LogP contribution >= 0.6 is 15.9 Å². The molecular weight excluding hydrogens is 572 g/mol. The number of aromatic nitrogens is 5. The number of nitrogens with zero attached hydrogens (tertiary/aromatic N) is 6. The largest absolute Gasteiger partial charge is 0.383 e. The van der Waals surface area contributed by atoms with Gasteiger partial charge in [0.15, 0.2) is 0 Å². The van der Waals surface area contributed by atoms with Crippen LogP contribution in [0, 0.1) is 5.92 Å². The van der Waals surface area contributed by atoms with Gasteiger partial charge in [-0.1, -0.05) is 25.1 Å². The van der Waals surface area contributed by atoms with E-state index >= 15 is 0 Å². The van der Waals surface area contributed by atoms with Gasteiger partial charge in [-0.05, 0) is 71.1 Å². The number of carbonyl (C=O) groups excluding carboxylic acids is 2. The number of fused-ring (bicyclic) bond motifs is 3. The van der Waals surface area contributed by atoms with Gasteiger partial charge in [0.2, 0.25) is 11.8 Å². The van der Waals surface area contributed by atoms with Crippen molar-refractivity contribution in [2.75, 3.05) is 11.1 Å². The fourth-order valence-corrected chi connectivity index (χ4v) is 5.91. The number of hydrogen-bond acceptors (Lipinski definition) is 7. The van der Waals surface area contributed by atoms with Crippen molar-refractivity contribution in [1.29, 1.82) is 0 Å². The van der Waals surface area contributed by atoms with E-state index in [-0.39, 0.29) is 30.3 Å². The molecule has 2 amide bonds. The number of nitrogen functional groups attached to an aromatic ring is 1. The van der Waals surface area contributed by atoms with Gasteiger partial charge >= 0.3 is 0 Å². The van der Waals surface area contributed by atoms with E-state index in [0.29, 0.717) is 33.7 Å². The first-order chi connectivity index (χ1) is 19.3. The normalized spacial score (nSPS) is 18.9. The summed E-state index contributed by atoms with van der Waals surface area (Å²) in [7, 11) is 0. The molecule has 0 spiro atoms. The molecule has 1 saturated heterocycles. The Hall–Kier alpha value is -4.38. The minimum Gasteiger partial charge on any atom is -0.383 e.